The van der Waals surface area contributed by atoms with E-state index in [1.807, 2.05) is 68.4 Å². The summed E-state index contributed by atoms with van der Waals surface area (Å²) < 4.78 is 0. The SMILES string of the molecule is CCN(C(=O)c1cnc(Nc2cccc(C)c2)cn1)c1ccccc1. The molecule has 0 spiro atoms. The van der Waals surface area contributed by atoms with Gasteiger partial charge < -0.3 is 10.2 Å². The first-order valence-electron chi connectivity index (χ1n) is 8.20. The van der Waals surface area contributed by atoms with Gasteiger partial charge in [0.15, 0.2) is 0 Å². The van der Waals surface area contributed by atoms with E-state index in [4.69, 9.17) is 0 Å². The highest BCUT2D eigenvalue weighted by Crippen LogP contribution is 2.17. The minimum Gasteiger partial charge on any atom is -0.339 e. The lowest BCUT2D eigenvalue weighted by Crippen LogP contribution is -2.31. The van der Waals surface area contributed by atoms with Gasteiger partial charge in [-0.1, -0.05) is 30.3 Å². The van der Waals surface area contributed by atoms with Crippen molar-refractivity contribution in [2.45, 2.75) is 13.8 Å². The van der Waals surface area contributed by atoms with E-state index in [0.717, 1.165) is 16.9 Å². The molecular weight excluding hydrogens is 312 g/mol. The molecule has 5 nitrogen and oxygen atoms in total. The van der Waals surface area contributed by atoms with Crippen molar-refractivity contribution in [2.75, 3.05) is 16.8 Å². The van der Waals surface area contributed by atoms with Crippen molar-refractivity contribution in [3.63, 3.8) is 0 Å². The van der Waals surface area contributed by atoms with Gasteiger partial charge in [-0.25, -0.2) is 9.97 Å². The standard InChI is InChI=1S/C20H20N4O/c1-3-24(17-10-5-4-6-11-17)20(25)18-13-22-19(14-21-18)23-16-9-7-8-15(2)12-16/h4-14H,3H2,1-2H3,(H,22,23). The van der Waals surface area contributed by atoms with Crippen LogP contribution in [0.15, 0.2) is 67.0 Å². The number of aryl methyl sites for hydroxylation is 1. The second-order valence-electron chi connectivity index (χ2n) is 5.67. The van der Waals surface area contributed by atoms with E-state index in [-0.39, 0.29) is 5.91 Å². The van der Waals surface area contributed by atoms with Gasteiger partial charge in [-0.3, -0.25) is 4.79 Å². The summed E-state index contributed by atoms with van der Waals surface area (Å²) in [7, 11) is 0. The summed E-state index contributed by atoms with van der Waals surface area (Å²) in [5.74, 6) is 0.438. The average Bonchev–Trinajstić information content (AvgIpc) is 2.64. The van der Waals surface area contributed by atoms with E-state index in [1.165, 1.54) is 6.20 Å². The molecule has 2 aromatic carbocycles. The van der Waals surface area contributed by atoms with E-state index < -0.39 is 0 Å². The van der Waals surface area contributed by atoms with E-state index in [1.54, 1.807) is 11.1 Å². The quantitative estimate of drug-likeness (QED) is 0.761. The molecule has 25 heavy (non-hydrogen) atoms. The number of aromatic nitrogens is 2. The van der Waals surface area contributed by atoms with E-state index in [9.17, 15) is 4.79 Å². The lowest BCUT2D eigenvalue weighted by Gasteiger charge is -2.20. The summed E-state index contributed by atoms with van der Waals surface area (Å²) in [4.78, 5) is 23.0. The van der Waals surface area contributed by atoms with Gasteiger partial charge in [-0.2, -0.15) is 0 Å². The molecular formula is C20H20N4O. The molecule has 0 radical (unpaired) electrons. The van der Waals surface area contributed by atoms with Gasteiger partial charge in [0.2, 0.25) is 0 Å². The number of nitrogens with one attached hydrogen (secondary N) is 1. The maximum atomic E-state index is 12.7. The van der Waals surface area contributed by atoms with Gasteiger partial charge in [0, 0.05) is 17.9 Å². The second kappa shape index (κ2) is 7.57. The molecule has 1 N–H and O–H groups in total. The number of nitrogens with zero attached hydrogens (tertiary/aromatic N) is 3. The van der Waals surface area contributed by atoms with Crippen molar-refractivity contribution < 1.29 is 4.79 Å². The monoisotopic (exact) mass is 332 g/mol. The third-order valence-corrected chi connectivity index (χ3v) is 3.79. The van der Waals surface area contributed by atoms with Crippen LogP contribution in [0.4, 0.5) is 17.2 Å². The molecule has 0 unspecified atom stereocenters. The van der Waals surface area contributed by atoms with Gasteiger partial charge in [-0.15, -0.1) is 0 Å². The van der Waals surface area contributed by atoms with Crippen LogP contribution in [0.3, 0.4) is 0 Å². The van der Waals surface area contributed by atoms with Gasteiger partial charge in [0.05, 0.1) is 12.4 Å². The topological polar surface area (TPSA) is 58.1 Å². The van der Waals surface area contributed by atoms with Crippen LogP contribution in [0.5, 0.6) is 0 Å². The Labute approximate surface area is 147 Å². The first-order chi connectivity index (χ1) is 12.2. The molecule has 1 aromatic heterocycles. The average molecular weight is 332 g/mol. The summed E-state index contributed by atoms with van der Waals surface area (Å²) in [6, 6.07) is 17.5. The zero-order chi connectivity index (χ0) is 17.6. The van der Waals surface area contributed by atoms with Gasteiger partial charge in [0.25, 0.3) is 5.91 Å². The highest BCUT2D eigenvalue weighted by Gasteiger charge is 2.17. The fourth-order valence-corrected chi connectivity index (χ4v) is 2.56. The maximum Gasteiger partial charge on any atom is 0.278 e. The van der Waals surface area contributed by atoms with Gasteiger partial charge in [-0.05, 0) is 43.7 Å². The summed E-state index contributed by atoms with van der Waals surface area (Å²) >= 11 is 0. The first-order valence-corrected chi connectivity index (χ1v) is 8.20. The van der Waals surface area contributed by atoms with E-state index in [2.05, 4.69) is 15.3 Å². The van der Waals surface area contributed by atoms with E-state index in [0.29, 0.717) is 18.1 Å². The number of carbonyl (C=O) groups excluding carboxylic acids is 1. The van der Waals surface area contributed by atoms with Crippen molar-refractivity contribution in [3.05, 3.63) is 78.2 Å². The van der Waals surface area contributed by atoms with Crippen molar-refractivity contribution in [2.24, 2.45) is 0 Å². The molecule has 0 fully saturated rings. The minimum atomic E-state index is -0.164. The fourth-order valence-electron chi connectivity index (χ4n) is 2.56. The molecule has 126 valence electrons. The summed E-state index contributed by atoms with van der Waals surface area (Å²) in [5.41, 5.74) is 3.26. The molecule has 3 aromatic rings. The normalized spacial score (nSPS) is 10.3. The molecule has 0 aliphatic rings. The Morgan fingerprint density at radius 3 is 2.48 bits per heavy atom. The maximum absolute atomic E-state index is 12.7. The molecule has 1 amide bonds. The largest absolute Gasteiger partial charge is 0.339 e. The number of carbonyl (C=O) groups is 1. The highest BCUT2D eigenvalue weighted by atomic mass is 16.2. The Kier molecular flexibility index (Phi) is 5.04. The Morgan fingerprint density at radius 1 is 1.04 bits per heavy atom. The van der Waals surface area contributed by atoms with Crippen LogP contribution in [-0.4, -0.2) is 22.4 Å². The smallest absolute Gasteiger partial charge is 0.278 e. The number of amides is 1. The molecule has 3 rings (SSSR count). The van der Waals surface area contributed by atoms with Gasteiger partial charge >= 0.3 is 0 Å². The van der Waals surface area contributed by atoms with Crippen molar-refractivity contribution in [1.82, 2.24) is 9.97 Å². The number of benzene rings is 2. The molecule has 0 aliphatic carbocycles. The number of hydrogen-bond acceptors (Lipinski definition) is 4. The third-order valence-electron chi connectivity index (χ3n) is 3.79. The summed E-state index contributed by atoms with van der Waals surface area (Å²) in [5, 5.41) is 3.19. The Hall–Kier alpha value is -3.21. The Morgan fingerprint density at radius 2 is 1.84 bits per heavy atom. The summed E-state index contributed by atoms with van der Waals surface area (Å²) in [6.07, 6.45) is 3.08. The highest BCUT2D eigenvalue weighted by molar-refractivity contribution is 6.04. The molecule has 5 heteroatoms. The van der Waals surface area contributed by atoms with Crippen LogP contribution in [0.1, 0.15) is 23.0 Å². The van der Waals surface area contributed by atoms with Crippen molar-refractivity contribution in [3.8, 4) is 0 Å². The number of hydrogen-bond donors (Lipinski definition) is 1. The number of para-hydroxylation sites is 1. The molecule has 0 bridgehead atoms. The van der Waals surface area contributed by atoms with Crippen LogP contribution in [0.25, 0.3) is 0 Å². The Balaban J connectivity index is 1.76. The summed E-state index contributed by atoms with van der Waals surface area (Å²) in [6.45, 7) is 4.53. The molecule has 0 atom stereocenters. The lowest BCUT2D eigenvalue weighted by atomic mass is 10.2. The van der Waals surface area contributed by atoms with Crippen LogP contribution in [0, 0.1) is 6.92 Å². The minimum absolute atomic E-state index is 0.164. The Bertz CT molecular complexity index is 847. The molecule has 0 saturated carbocycles. The van der Waals surface area contributed by atoms with Crippen LogP contribution < -0.4 is 10.2 Å². The lowest BCUT2D eigenvalue weighted by molar-refractivity contribution is 0.0983. The second-order valence-corrected chi connectivity index (χ2v) is 5.67. The predicted molar refractivity (Wildman–Crippen MR) is 100 cm³/mol. The number of anilines is 3. The fraction of sp³-hybridized carbons (Fsp3) is 0.150. The zero-order valence-electron chi connectivity index (χ0n) is 14.3. The van der Waals surface area contributed by atoms with Crippen LogP contribution in [-0.2, 0) is 0 Å². The molecule has 1 heterocycles. The third kappa shape index (κ3) is 4.01. The van der Waals surface area contributed by atoms with Crippen LogP contribution in [0.2, 0.25) is 0 Å². The van der Waals surface area contributed by atoms with E-state index >= 15 is 0 Å². The molecule has 0 saturated heterocycles. The van der Waals surface area contributed by atoms with Gasteiger partial charge in [0.1, 0.15) is 11.5 Å². The number of rotatable bonds is 5. The van der Waals surface area contributed by atoms with Crippen molar-refractivity contribution in [1.29, 1.82) is 0 Å². The van der Waals surface area contributed by atoms with Crippen LogP contribution >= 0.6 is 0 Å². The first kappa shape index (κ1) is 16.6. The molecule has 0 aliphatic heterocycles. The zero-order valence-corrected chi connectivity index (χ0v) is 14.3. The predicted octanol–water partition coefficient (Wildman–Crippen LogP) is 4.20. The van der Waals surface area contributed by atoms with Crippen molar-refractivity contribution >= 4 is 23.1 Å².